The molecule has 2 heterocycles. The number of rotatable bonds is 3. The first-order chi connectivity index (χ1) is 10.5. The Morgan fingerprint density at radius 3 is 2.77 bits per heavy atom. The van der Waals surface area contributed by atoms with Gasteiger partial charge < -0.3 is 0 Å². The first-order valence-corrected chi connectivity index (χ1v) is 8.71. The molecule has 0 saturated heterocycles. The van der Waals surface area contributed by atoms with E-state index in [1.165, 1.54) is 22.7 Å². The maximum absolute atomic E-state index is 12.2. The fraction of sp³-hybridized carbons (Fsp3) is 0.0667. The van der Waals surface area contributed by atoms with Crippen molar-refractivity contribution in [3.63, 3.8) is 0 Å². The van der Waals surface area contributed by atoms with Gasteiger partial charge in [0.25, 0.3) is 5.91 Å². The SMILES string of the molecule is Cc1ccc2c(Cl)c(C(=O)NN=Cc3ccc(Cl)s3)sc2c1. The molecule has 0 fully saturated rings. The summed E-state index contributed by atoms with van der Waals surface area (Å²) in [5.41, 5.74) is 3.62. The van der Waals surface area contributed by atoms with E-state index < -0.39 is 0 Å². The van der Waals surface area contributed by atoms with Crippen LogP contribution in [0.15, 0.2) is 35.4 Å². The Morgan fingerprint density at radius 2 is 2.05 bits per heavy atom. The minimum Gasteiger partial charge on any atom is -0.266 e. The summed E-state index contributed by atoms with van der Waals surface area (Å²) in [5, 5.41) is 5.29. The molecule has 3 aromatic rings. The second-order valence-electron chi connectivity index (χ2n) is 4.59. The number of carbonyl (C=O) groups is 1. The zero-order valence-corrected chi connectivity index (χ0v) is 14.5. The molecule has 1 amide bonds. The van der Waals surface area contributed by atoms with Crippen LogP contribution in [0.1, 0.15) is 20.1 Å². The number of hydrogen-bond donors (Lipinski definition) is 1. The van der Waals surface area contributed by atoms with E-state index in [1.807, 2.05) is 31.2 Å². The average Bonchev–Trinajstić information content (AvgIpc) is 3.03. The van der Waals surface area contributed by atoms with E-state index in [2.05, 4.69) is 10.5 Å². The van der Waals surface area contributed by atoms with Crippen LogP contribution in [0.4, 0.5) is 0 Å². The molecule has 0 aliphatic carbocycles. The van der Waals surface area contributed by atoms with Crippen molar-refractivity contribution < 1.29 is 4.79 Å². The van der Waals surface area contributed by atoms with Gasteiger partial charge in [-0.15, -0.1) is 22.7 Å². The topological polar surface area (TPSA) is 41.5 Å². The standard InChI is InChI=1S/C15H10Cl2N2OS2/c1-8-2-4-10-11(6-8)22-14(13(10)17)15(20)19-18-7-9-3-5-12(16)21-9/h2-7H,1H3,(H,19,20). The molecule has 0 aliphatic heterocycles. The van der Waals surface area contributed by atoms with Gasteiger partial charge in [-0.1, -0.05) is 35.3 Å². The first kappa shape index (κ1) is 15.5. The van der Waals surface area contributed by atoms with Crippen LogP contribution >= 0.6 is 45.9 Å². The average molecular weight is 369 g/mol. The van der Waals surface area contributed by atoms with Gasteiger partial charge in [0.15, 0.2) is 0 Å². The lowest BCUT2D eigenvalue weighted by Crippen LogP contribution is -2.16. The molecule has 0 saturated carbocycles. The summed E-state index contributed by atoms with van der Waals surface area (Å²) in [4.78, 5) is 13.5. The number of nitrogens with one attached hydrogen (secondary N) is 1. The molecule has 0 aliphatic rings. The van der Waals surface area contributed by atoms with Crippen LogP contribution in [0.5, 0.6) is 0 Å². The molecule has 1 N–H and O–H groups in total. The monoisotopic (exact) mass is 368 g/mol. The van der Waals surface area contributed by atoms with Gasteiger partial charge in [0.1, 0.15) is 4.88 Å². The highest BCUT2D eigenvalue weighted by molar-refractivity contribution is 7.21. The molecule has 0 atom stereocenters. The Kier molecular flexibility index (Phi) is 4.49. The minimum absolute atomic E-state index is 0.317. The number of amides is 1. The van der Waals surface area contributed by atoms with Gasteiger partial charge in [-0.2, -0.15) is 5.10 Å². The number of hydrazone groups is 1. The van der Waals surface area contributed by atoms with Crippen molar-refractivity contribution in [3.05, 3.63) is 55.0 Å². The molecule has 1 aromatic carbocycles. The number of fused-ring (bicyclic) bond motifs is 1. The molecular formula is C15H10Cl2N2OS2. The van der Waals surface area contributed by atoms with Crippen LogP contribution in [0.3, 0.4) is 0 Å². The molecule has 112 valence electrons. The molecule has 0 radical (unpaired) electrons. The highest BCUT2D eigenvalue weighted by Crippen LogP contribution is 2.35. The summed E-state index contributed by atoms with van der Waals surface area (Å²) < 4.78 is 1.67. The van der Waals surface area contributed by atoms with Crippen LogP contribution in [-0.2, 0) is 0 Å². The van der Waals surface area contributed by atoms with Crippen molar-refractivity contribution >= 4 is 68.1 Å². The summed E-state index contributed by atoms with van der Waals surface area (Å²) in [6.07, 6.45) is 1.56. The lowest BCUT2D eigenvalue weighted by molar-refractivity contribution is 0.0959. The highest BCUT2D eigenvalue weighted by Gasteiger charge is 2.16. The van der Waals surface area contributed by atoms with E-state index in [4.69, 9.17) is 23.2 Å². The van der Waals surface area contributed by atoms with Crippen molar-refractivity contribution in [2.45, 2.75) is 6.92 Å². The van der Waals surface area contributed by atoms with Gasteiger partial charge in [0, 0.05) is 15.0 Å². The van der Waals surface area contributed by atoms with Crippen molar-refractivity contribution in [2.75, 3.05) is 0 Å². The zero-order valence-electron chi connectivity index (χ0n) is 11.4. The number of halogens is 2. The van der Waals surface area contributed by atoms with Gasteiger partial charge in [-0.05, 0) is 30.7 Å². The van der Waals surface area contributed by atoms with Crippen LogP contribution in [0.2, 0.25) is 9.36 Å². The quantitative estimate of drug-likeness (QED) is 0.491. The second-order valence-corrected chi connectivity index (χ2v) is 7.76. The summed E-state index contributed by atoms with van der Waals surface area (Å²) in [5.74, 6) is -0.317. The molecule has 0 bridgehead atoms. The van der Waals surface area contributed by atoms with Gasteiger partial charge in [-0.25, -0.2) is 5.43 Å². The normalized spacial score (nSPS) is 11.4. The van der Waals surface area contributed by atoms with Crippen LogP contribution in [-0.4, -0.2) is 12.1 Å². The Balaban J connectivity index is 1.80. The van der Waals surface area contributed by atoms with Crippen molar-refractivity contribution in [2.24, 2.45) is 5.10 Å². The smallest absolute Gasteiger partial charge is 0.266 e. The summed E-state index contributed by atoms with van der Waals surface area (Å²) in [7, 11) is 0. The Hall–Kier alpha value is -1.40. The Labute approximate surface area is 145 Å². The van der Waals surface area contributed by atoms with Crippen molar-refractivity contribution in [1.29, 1.82) is 0 Å². The maximum atomic E-state index is 12.2. The number of benzene rings is 1. The predicted molar refractivity (Wildman–Crippen MR) is 96.0 cm³/mol. The van der Waals surface area contributed by atoms with E-state index >= 15 is 0 Å². The Bertz CT molecular complexity index is 883. The molecule has 2 aromatic heterocycles. The first-order valence-electron chi connectivity index (χ1n) is 6.32. The van der Waals surface area contributed by atoms with E-state index in [1.54, 1.807) is 12.3 Å². The van der Waals surface area contributed by atoms with E-state index in [9.17, 15) is 4.79 Å². The summed E-state index contributed by atoms with van der Waals surface area (Å²) in [6.45, 7) is 2.00. The molecular weight excluding hydrogens is 359 g/mol. The molecule has 0 unspecified atom stereocenters. The molecule has 3 nitrogen and oxygen atoms in total. The number of aryl methyl sites for hydroxylation is 1. The van der Waals surface area contributed by atoms with E-state index in [-0.39, 0.29) is 5.91 Å². The summed E-state index contributed by atoms with van der Waals surface area (Å²) >= 11 is 14.9. The zero-order chi connectivity index (χ0) is 15.7. The lowest BCUT2D eigenvalue weighted by atomic mass is 10.2. The third-order valence-electron chi connectivity index (χ3n) is 2.94. The second kappa shape index (κ2) is 6.38. The molecule has 3 rings (SSSR count). The van der Waals surface area contributed by atoms with E-state index in [0.717, 1.165) is 20.5 Å². The van der Waals surface area contributed by atoms with Crippen LogP contribution in [0, 0.1) is 6.92 Å². The van der Waals surface area contributed by atoms with Crippen molar-refractivity contribution in [1.82, 2.24) is 5.43 Å². The van der Waals surface area contributed by atoms with E-state index in [0.29, 0.717) is 14.2 Å². The third kappa shape index (κ3) is 3.17. The third-order valence-corrected chi connectivity index (χ3v) is 5.76. The molecule has 22 heavy (non-hydrogen) atoms. The number of hydrogen-bond acceptors (Lipinski definition) is 4. The fourth-order valence-corrected chi connectivity index (χ4v) is 4.36. The van der Waals surface area contributed by atoms with Crippen LogP contribution in [0.25, 0.3) is 10.1 Å². The molecule has 7 heteroatoms. The minimum atomic E-state index is -0.317. The molecule has 0 spiro atoms. The number of carbonyl (C=O) groups excluding carboxylic acids is 1. The largest absolute Gasteiger partial charge is 0.283 e. The van der Waals surface area contributed by atoms with Gasteiger partial charge >= 0.3 is 0 Å². The predicted octanol–water partition coefficient (Wildman–Crippen LogP) is 5.34. The number of thiophene rings is 2. The Morgan fingerprint density at radius 1 is 1.23 bits per heavy atom. The van der Waals surface area contributed by atoms with Crippen LogP contribution < -0.4 is 5.43 Å². The van der Waals surface area contributed by atoms with Gasteiger partial charge in [-0.3, -0.25) is 4.79 Å². The van der Waals surface area contributed by atoms with Gasteiger partial charge in [0.2, 0.25) is 0 Å². The number of nitrogens with zero attached hydrogens (tertiary/aromatic N) is 1. The lowest BCUT2D eigenvalue weighted by Gasteiger charge is -1.96. The summed E-state index contributed by atoms with van der Waals surface area (Å²) in [6, 6.07) is 9.52. The van der Waals surface area contributed by atoms with Gasteiger partial charge in [0.05, 0.1) is 15.6 Å². The maximum Gasteiger partial charge on any atom is 0.283 e. The highest BCUT2D eigenvalue weighted by atomic mass is 35.5. The fourth-order valence-electron chi connectivity index (χ4n) is 1.92. The van der Waals surface area contributed by atoms with Crippen molar-refractivity contribution in [3.8, 4) is 0 Å².